The summed E-state index contributed by atoms with van der Waals surface area (Å²) in [6, 6.07) is 10.1. The van der Waals surface area contributed by atoms with Crippen LogP contribution in [-0.4, -0.2) is 56.2 Å². The maximum atomic E-state index is 9.12. The van der Waals surface area contributed by atoms with Gasteiger partial charge in [-0.2, -0.15) is 5.26 Å². The Morgan fingerprint density at radius 3 is 2.95 bits per heavy atom. The van der Waals surface area contributed by atoms with Gasteiger partial charge in [-0.1, -0.05) is 18.2 Å². The fourth-order valence-corrected chi connectivity index (χ4v) is 2.45. The first-order chi connectivity index (χ1) is 9.19. The Labute approximate surface area is 115 Å². The third-order valence-electron chi connectivity index (χ3n) is 3.32. The van der Waals surface area contributed by atoms with E-state index in [1.807, 2.05) is 24.3 Å². The first-order valence-electron chi connectivity index (χ1n) is 6.65. The Morgan fingerprint density at radius 2 is 2.21 bits per heavy atom. The zero-order valence-electron chi connectivity index (χ0n) is 11.7. The van der Waals surface area contributed by atoms with E-state index in [9.17, 15) is 0 Å². The lowest BCUT2D eigenvalue weighted by molar-refractivity contribution is -0.0406. The van der Waals surface area contributed by atoms with Crippen molar-refractivity contribution in [2.45, 2.75) is 12.6 Å². The molecular formula is C15H21N3O. The summed E-state index contributed by atoms with van der Waals surface area (Å²) in [5.74, 6) is 0. The highest BCUT2D eigenvalue weighted by atomic mass is 16.5. The first kappa shape index (κ1) is 14.0. The van der Waals surface area contributed by atoms with Crippen LogP contribution in [0.2, 0.25) is 0 Å². The Balaban J connectivity index is 1.97. The largest absolute Gasteiger partial charge is 0.374 e. The molecular weight excluding hydrogens is 238 g/mol. The zero-order valence-corrected chi connectivity index (χ0v) is 11.7. The van der Waals surface area contributed by atoms with Crippen LogP contribution in [-0.2, 0) is 11.3 Å². The maximum Gasteiger partial charge on any atom is 0.0995 e. The summed E-state index contributed by atoms with van der Waals surface area (Å²) < 4.78 is 5.76. The monoisotopic (exact) mass is 259 g/mol. The predicted molar refractivity (Wildman–Crippen MR) is 74.7 cm³/mol. The molecule has 1 heterocycles. The quantitative estimate of drug-likeness (QED) is 0.817. The lowest BCUT2D eigenvalue weighted by Gasteiger charge is -2.34. The van der Waals surface area contributed by atoms with Gasteiger partial charge in [-0.25, -0.2) is 0 Å². The summed E-state index contributed by atoms with van der Waals surface area (Å²) >= 11 is 0. The smallest absolute Gasteiger partial charge is 0.0995 e. The van der Waals surface area contributed by atoms with E-state index in [0.717, 1.165) is 43.9 Å². The van der Waals surface area contributed by atoms with E-state index >= 15 is 0 Å². The summed E-state index contributed by atoms with van der Waals surface area (Å²) in [6.45, 7) is 4.41. The van der Waals surface area contributed by atoms with Crippen LogP contribution in [0, 0.1) is 11.3 Å². The van der Waals surface area contributed by atoms with Gasteiger partial charge in [-0.05, 0) is 25.7 Å². The molecule has 4 heteroatoms. The minimum Gasteiger partial charge on any atom is -0.374 e. The molecule has 0 radical (unpaired) electrons. The Hall–Kier alpha value is -1.41. The molecule has 1 aromatic rings. The highest BCUT2D eigenvalue weighted by Gasteiger charge is 2.21. The van der Waals surface area contributed by atoms with E-state index < -0.39 is 0 Å². The molecule has 0 bridgehead atoms. The maximum absolute atomic E-state index is 9.12. The van der Waals surface area contributed by atoms with Crippen molar-refractivity contribution in [3.05, 3.63) is 35.4 Å². The highest BCUT2D eigenvalue weighted by molar-refractivity contribution is 5.37. The van der Waals surface area contributed by atoms with Crippen molar-refractivity contribution in [1.82, 2.24) is 9.80 Å². The van der Waals surface area contributed by atoms with E-state index in [0.29, 0.717) is 0 Å². The third-order valence-corrected chi connectivity index (χ3v) is 3.32. The van der Waals surface area contributed by atoms with Crippen molar-refractivity contribution in [1.29, 1.82) is 5.26 Å². The topological polar surface area (TPSA) is 39.5 Å². The first-order valence-corrected chi connectivity index (χ1v) is 6.65. The van der Waals surface area contributed by atoms with Crippen molar-refractivity contribution in [2.24, 2.45) is 0 Å². The average molecular weight is 259 g/mol. The Kier molecular flexibility index (Phi) is 4.92. The van der Waals surface area contributed by atoms with Crippen molar-refractivity contribution in [3.8, 4) is 6.07 Å². The van der Waals surface area contributed by atoms with Gasteiger partial charge >= 0.3 is 0 Å². The zero-order chi connectivity index (χ0) is 13.7. The van der Waals surface area contributed by atoms with Gasteiger partial charge in [0.25, 0.3) is 0 Å². The van der Waals surface area contributed by atoms with Crippen LogP contribution in [0.1, 0.15) is 11.1 Å². The number of nitriles is 1. The van der Waals surface area contributed by atoms with Crippen LogP contribution in [0.15, 0.2) is 24.3 Å². The van der Waals surface area contributed by atoms with Gasteiger partial charge in [0.15, 0.2) is 0 Å². The summed E-state index contributed by atoms with van der Waals surface area (Å²) in [6.07, 6.45) is 0.262. The minimum atomic E-state index is 0.262. The summed E-state index contributed by atoms with van der Waals surface area (Å²) in [5.41, 5.74) is 1.88. The molecule has 4 nitrogen and oxygen atoms in total. The number of likely N-dealkylation sites (N-methyl/N-ethyl adjacent to an activating group) is 1. The standard InChI is InChI=1S/C15H21N3O/c1-17(2)11-15-12-18(7-8-19-15)10-14-6-4-3-5-13(14)9-16/h3-6,15H,7-8,10-12H2,1-2H3/t15-/m0/s1. The molecule has 1 atom stereocenters. The molecule has 1 fully saturated rings. The van der Waals surface area contributed by atoms with Crippen LogP contribution in [0.25, 0.3) is 0 Å². The van der Waals surface area contributed by atoms with E-state index in [4.69, 9.17) is 10.00 Å². The van der Waals surface area contributed by atoms with Crippen LogP contribution in [0.3, 0.4) is 0 Å². The van der Waals surface area contributed by atoms with Crippen LogP contribution >= 0.6 is 0 Å². The summed E-state index contributed by atoms with van der Waals surface area (Å²) in [4.78, 5) is 4.52. The minimum absolute atomic E-state index is 0.262. The SMILES string of the molecule is CN(C)C[C@H]1CN(Cc2ccccc2C#N)CCO1. The number of hydrogen-bond donors (Lipinski definition) is 0. The fraction of sp³-hybridized carbons (Fsp3) is 0.533. The molecule has 0 spiro atoms. The Bertz CT molecular complexity index is 453. The lowest BCUT2D eigenvalue weighted by atomic mass is 10.1. The number of morpholine rings is 1. The molecule has 19 heavy (non-hydrogen) atoms. The number of ether oxygens (including phenoxy) is 1. The second kappa shape index (κ2) is 6.67. The number of rotatable bonds is 4. The lowest BCUT2D eigenvalue weighted by Crippen LogP contribution is -2.46. The van der Waals surface area contributed by atoms with Crippen LogP contribution < -0.4 is 0 Å². The number of benzene rings is 1. The van der Waals surface area contributed by atoms with Gasteiger partial charge in [-0.15, -0.1) is 0 Å². The molecule has 1 saturated heterocycles. The van der Waals surface area contributed by atoms with Gasteiger partial charge in [0.2, 0.25) is 0 Å². The van der Waals surface area contributed by atoms with Crippen molar-refractivity contribution in [3.63, 3.8) is 0 Å². The number of nitrogens with zero attached hydrogens (tertiary/aromatic N) is 3. The van der Waals surface area contributed by atoms with Gasteiger partial charge in [-0.3, -0.25) is 4.90 Å². The normalized spacial score (nSPS) is 20.4. The fourth-order valence-electron chi connectivity index (χ4n) is 2.45. The van der Waals surface area contributed by atoms with Gasteiger partial charge in [0, 0.05) is 26.2 Å². The number of hydrogen-bond acceptors (Lipinski definition) is 4. The molecule has 1 aromatic carbocycles. The molecule has 0 saturated carbocycles. The van der Waals surface area contributed by atoms with Crippen molar-refractivity contribution < 1.29 is 4.74 Å². The average Bonchev–Trinajstić information content (AvgIpc) is 2.39. The van der Waals surface area contributed by atoms with E-state index in [1.165, 1.54) is 0 Å². The Morgan fingerprint density at radius 1 is 1.42 bits per heavy atom. The van der Waals surface area contributed by atoms with E-state index in [1.54, 1.807) is 0 Å². The molecule has 0 N–H and O–H groups in total. The second-order valence-electron chi connectivity index (χ2n) is 5.26. The molecule has 0 amide bonds. The van der Waals surface area contributed by atoms with Crippen LogP contribution in [0.4, 0.5) is 0 Å². The third kappa shape index (κ3) is 4.03. The molecule has 1 aliphatic rings. The van der Waals surface area contributed by atoms with E-state index in [-0.39, 0.29) is 6.10 Å². The second-order valence-corrected chi connectivity index (χ2v) is 5.26. The molecule has 0 unspecified atom stereocenters. The molecule has 102 valence electrons. The van der Waals surface area contributed by atoms with Gasteiger partial charge in [0.1, 0.15) is 0 Å². The molecule has 1 aliphatic heterocycles. The van der Waals surface area contributed by atoms with Gasteiger partial charge < -0.3 is 9.64 Å². The van der Waals surface area contributed by atoms with Crippen molar-refractivity contribution in [2.75, 3.05) is 40.3 Å². The summed E-state index contributed by atoms with van der Waals surface area (Å²) in [5, 5.41) is 9.12. The van der Waals surface area contributed by atoms with Crippen LogP contribution in [0.5, 0.6) is 0 Å². The predicted octanol–water partition coefficient (Wildman–Crippen LogP) is 1.32. The molecule has 2 rings (SSSR count). The molecule has 0 aromatic heterocycles. The van der Waals surface area contributed by atoms with Gasteiger partial charge in [0.05, 0.1) is 24.3 Å². The highest BCUT2D eigenvalue weighted by Crippen LogP contribution is 2.14. The van der Waals surface area contributed by atoms with Crippen molar-refractivity contribution >= 4 is 0 Å². The summed E-state index contributed by atoms with van der Waals surface area (Å²) in [7, 11) is 4.13. The van der Waals surface area contributed by atoms with E-state index in [2.05, 4.69) is 30.0 Å². The molecule has 0 aliphatic carbocycles.